The fourth-order valence-electron chi connectivity index (χ4n) is 7.31. The Morgan fingerprint density at radius 1 is 0.842 bits per heavy atom. The van der Waals surface area contributed by atoms with E-state index in [9.17, 15) is 14.8 Å². The van der Waals surface area contributed by atoms with Crippen LogP contribution in [0.15, 0.2) is 48.8 Å². The van der Waals surface area contributed by atoms with Crippen molar-refractivity contribution < 1.29 is 42.6 Å². The van der Waals surface area contributed by atoms with Crippen LogP contribution < -0.4 is 15.0 Å². The van der Waals surface area contributed by atoms with Crippen LogP contribution in [0.4, 0.5) is 5.95 Å². The molecule has 4 aromatic rings. The van der Waals surface area contributed by atoms with Gasteiger partial charge < -0.3 is 34.7 Å². The number of fused-ring (bicyclic) bond motifs is 2. The molecular weight excluding hydrogens is 749 g/mol. The summed E-state index contributed by atoms with van der Waals surface area (Å²) in [5.41, 5.74) is 4.55. The third kappa shape index (κ3) is 12.8. The highest BCUT2D eigenvalue weighted by molar-refractivity contribution is 7.49. The van der Waals surface area contributed by atoms with Gasteiger partial charge in [0.2, 0.25) is 11.8 Å². The molecule has 0 amide bonds. The summed E-state index contributed by atoms with van der Waals surface area (Å²) in [4.78, 5) is 12.6. The number of rotatable bonds is 28. The van der Waals surface area contributed by atoms with Crippen molar-refractivity contribution in [1.82, 2.24) is 19.5 Å². The molecule has 316 valence electrons. The number of nitrogens with zero attached hydrogens (tertiary/aromatic N) is 4. The second-order valence-corrected chi connectivity index (χ2v) is 16.8. The molecule has 15 heteroatoms. The van der Waals surface area contributed by atoms with E-state index in [1.807, 2.05) is 30.3 Å². The lowest BCUT2D eigenvalue weighted by Crippen LogP contribution is -2.44. The monoisotopic (exact) mass is 813 g/mol. The highest BCUT2D eigenvalue weighted by Crippen LogP contribution is 2.52. The van der Waals surface area contributed by atoms with E-state index < -0.39 is 38.5 Å². The van der Waals surface area contributed by atoms with Gasteiger partial charge in [-0.25, -0.2) is 9.55 Å². The maximum atomic E-state index is 14.3. The van der Waals surface area contributed by atoms with Crippen molar-refractivity contribution >= 4 is 35.7 Å². The minimum absolute atomic E-state index is 0.0562. The topological polar surface area (TPSA) is 183 Å². The number of hydrogen-bond donors (Lipinski definition) is 3. The van der Waals surface area contributed by atoms with Gasteiger partial charge in [-0.1, -0.05) is 140 Å². The number of aliphatic hydroxyl groups excluding tert-OH is 1. The molecule has 0 saturated carbocycles. The van der Waals surface area contributed by atoms with Crippen LogP contribution in [0.3, 0.4) is 0 Å². The van der Waals surface area contributed by atoms with Crippen molar-refractivity contribution in [3.8, 4) is 11.6 Å². The van der Waals surface area contributed by atoms with Gasteiger partial charge in [-0.15, -0.1) is 0 Å². The first-order valence-corrected chi connectivity index (χ1v) is 22.4. The van der Waals surface area contributed by atoms with Gasteiger partial charge in [0.05, 0.1) is 33.3 Å². The average molecular weight is 814 g/mol. The lowest BCUT2D eigenvalue weighted by Gasteiger charge is -2.27. The molecule has 0 bridgehead atoms. The number of phosphoric ester groups is 1. The highest BCUT2D eigenvalue weighted by Gasteiger charge is 2.54. The molecule has 2 unspecified atom stereocenters. The summed E-state index contributed by atoms with van der Waals surface area (Å²) in [7, 11) is -2.90. The summed E-state index contributed by atoms with van der Waals surface area (Å²) >= 11 is 0. The van der Waals surface area contributed by atoms with Crippen molar-refractivity contribution in [3.63, 3.8) is 0 Å². The Bertz CT molecular complexity index is 1840. The predicted molar refractivity (Wildman–Crippen MR) is 221 cm³/mol. The number of aromatic nitrogens is 4. The number of imidazole rings is 1. The third-order valence-electron chi connectivity index (χ3n) is 10.6. The molecule has 3 heterocycles. The van der Waals surface area contributed by atoms with E-state index in [2.05, 4.69) is 21.9 Å². The number of unbranched alkanes of at least 4 members (excludes halogenated alkanes) is 15. The van der Waals surface area contributed by atoms with Crippen LogP contribution in [0.2, 0.25) is 0 Å². The van der Waals surface area contributed by atoms with Gasteiger partial charge in [0.1, 0.15) is 23.6 Å². The maximum Gasteiger partial charge on any atom is 0.530 e. The van der Waals surface area contributed by atoms with Gasteiger partial charge >= 0.3 is 7.82 Å². The van der Waals surface area contributed by atoms with Crippen molar-refractivity contribution in [2.24, 2.45) is 0 Å². The van der Waals surface area contributed by atoms with Gasteiger partial charge in [0, 0.05) is 12.0 Å². The minimum Gasteiger partial charge on any atom is -0.479 e. The molecular formula is C42H64N5O9P. The molecule has 1 aliphatic rings. The largest absolute Gasteiger partial charge is 0.530 e. The van der Waals surface area contributed by atoms with Crippen molar-refractivity contribution in [2.45, 2.75) is 141 Å². The molecule has 2 aromatic heterocycles. The predicted octanol–water partition coefficient (Wildman–Crippen LogP) is 9.08. The number of phosphoric acid groups is 1. The zero-order valence-corrected chi connectivity index (χ0v) is 35.0. The van der Waals surface area contributed by atoms with Crippen LogP contribution in [-0.4, -0.2) is 81.1 Å². The van der Waals surface area contributed by atoms with Crippen LogP contribution in [0.25, 0.3) is 21.9 Å². The molecule has 5 atom stereocenters. The molecule has 1 fully saturated rings. The number of methoxy groups -OCH3 is 1. The van der Waals surface area contributed by atoms with E-state index in [1.54, 1.807) is 12.1 Å². The molecule has 0 aliphatic carbocycles. The minimum atomic E-state index is -4.32. The molecule has 5 rings (SSSR count). The van der Waals surface area contributed by atoms with E-state index in [1.165, 1.54) is 115 Å². The molecule has 57 heavy (non-hydrogen) atoms. The molecule has 4 N–H and O–H groups in total. The molecule has 2 aromatic carbocycles. The van der Waals surface area contributed by atoms with E-state index in [4.69, 9.17) is 33.5 Å². The fourth-order valence-corrected chi connectivity index (χ4v) is 8.52. The Balaban J connectivity index is 1.07. The number of nitrogen functional groups attached to an aromatic ring is 1. The van der Waals surface area contributed by atoms with E-state index >= 15 is 0 Å². The average Bonchev–Trinajstić information content (AvgIpc) is 3.72. The van der Waals surface area contributed by atoms with Crippen LogP contribution in [0.1, 0.15) is 123 Å². The molecule has 0 spiro atoms. The van der Waals surface area contributed by atoms with Gasteiger partial charge in [-0.2, -0.15) is 9.97 Å². The standard InChI is InChI=1S/C42H64N5O9P/c1-4-5-6-7-8-9-10-11-12-13-14-15-16-17-18-21-27-52-28-29-53-57(50,56-34-26-22-24-32-23-19-20-25-33(32)34)54-30-35-37(48)42(2,49)40(55-35)47-31-44-36-38(47)45-41(43)46-39(36)51-3/h19-20,22-26,31,35,37,40,48-49H,4-18,21,27-30H2,1-3H3,(H2,43,45,46)/t35-,37-,40?,42-,57?/m1/s1. The SMILES string of the molecule is CCCCCCCCCCCCCCCCCCOCCOP(=O)(OC[C@H]1OC(n2cnc3c(OC)nc(N)nc32)[C@](C)(O)[C@@H]1O)Oc1cccc2ccccc12. The number of anilines is 1. The van der Waals surface area contributed by atoms with Crippen molar-refractivity contribution in [3.05, 3.63) is 48.8 Å². The van der Waals surface area contributed by atoms with Crippen LogP contribution in [0.5, 0.6) is 11.6 Å². The first-order chi connectivity index (χ1) is 27.7. The number of ether oxygens (including phenoxy) is 3. The number of benzene rings is 2. The fraction of sp³-hybridized carbons (Fsp3) is 0.643. The third-order valence-corrected chi connectivity index (χ3v) is 12.0. The maximum absolute atomic E-state index is 14.3. The Hall–Kier alpha value is -3.36. The van der Waals surface area contributed by atoms with Gasteiger partial charge in [0.25, 0.3) is 0 Å². The smallest absolute Gasteiger partial charge is 0.479 e. The summed E-state index contributed by atoms with van der Waals surface area (Å²) in [6, 6.07) is 12.9. The Morgan fingerprint density at radius 3 is 2.14 bits per heavy atom. The van der Waals surface area contributed by atoms with Crippen LogP contribution in [-0.2, 0) is 23.1 Å². The van der Waals surface area contributed by atoms with Gasteiger partial charge in [-0.05, 0) is 24.8 Å². The second kappa shape index (κ2) is 22.7. The number of hydrogen-bond acceptors (Lipinski definition) is 13. The quantitative estimate of drug-likeness (QED) is 0.0365. The molecule has 14 nitrogen and oxygen atoms in total. The van der Waals surface area contributed by atoms with E-state index in [0.29, 0.717) is 17.9 Å². The highest BCUT2D eigenvalue weighted by atomic mass is 31.2. The summed E-state index contributed by atoms with van der Waals surface area (Å²) in [5, 5.41) is 24.3. The molecule has 0 radical (unpaired) electrons. The summed E-state index contributed by atoms with van der Waals surface area (Å²) in [6.45, 7) is 3.94. The zero-order chi connectivity index (χ0) is 40.5. The van der Waals surface area contributed by atoms with Crippen molar-refractivity contribution in [2.75, 3.05) is 39.3 Å². The summed E-state index contributed by atoms with van der Waals surface area (Å²) in [5.74, 6) is 0.378. The summed E-state index contributed by atoms with van der Waals surface area (Å²) < 4.78 is 50.5. The number of aliphatic hydroxyl groups is 2. The first kappa shape index (κ1) is 44.7. The normalized spacial score (nSPS) is 20.7. The Kier molecular flexibility index (Phi) is 17.8. The van der Waals surface area contributed by atoms with Gasteiger partial charge in [-0.3, -0.25) is 13.6 Å². The molecule has 1 aliphatic heterocycles. The first-order valence-electron chi connectivity index (χ1n) is 20.9. The van der Waals surface area contributed by atoms with Crippen molar-refractivity contribution in [1.29, 1.82) is 0 Å². The van der Waals surface area contributed by atoms with Crippen LogP contribution >= 0.6 is 7.82 Å². The Morgan fingerprint density at radius 2 is 1.47 bits per heavy atom. The lowest BCUT2D eigenvalue weighted by atomic mass is 9.96. The zero-order valence-electron chi connectivity index (χ0n) is 34.1. The second-order valence-electron chi connectivity index (χ2n) is 15.2. The van der Waals surface area contributed by atoms with E-state index in [0.717, 1.165) is 23.6 Å². The van der Waals surface area contributed by atoms with Crippen LogP contribution in [0, 0.1) is 0 Å². The van der Waals surface area contributed by atoms with E-state index in [-0.39, 0.29) is 30.7 Å². The number of nitrogens with two attached hydrogens (primary N) is 1. The Labute approximate surface area is 337 Å². The van der Waals surface area contributed by atoms with Gasteiger partial charge in [0.15, 0.2) is 17.4 Å². The summed E-state index contributed by atoms with van der Waals surface area (Å²) in [6.07, 6.45) is 18.4. The molecule has 1 saturated heterocycles. The lowest BCUT2D eigenvalue weighted by molar-refractivity contribution is -0.0950.